The molecule has 0 aromatic carbocycles. The molecule has 0 aromatic rings. The van der Waals surface area contributed by atoms with Gasteiger partial charge in [0.15, 0.2) is 0 Å². The van der Waals surface area contributed by atoms with Crippen molar-refractivity contribution in [3.63, 3.8) is 0 Å². The van der Waals surface area contributed by atoms with E-state index in [1.54, 1.807) is 0 Å². The van der Waals surface area contributed by atoms with Crippen molar-refractivity contribution in [1.29, 1.82) is 0 Å². The number of carbonyl (C=O) groups is 1. The molecule has 7 heteroatoms. The summed E-state index contributed by atoms with van der Waals surface area (Å²) in [5, 5.41) is 2.73. The third kappa shape index (κ3) is 8.21. The maximum absolute atomic E-state index is 11.5. The van der Waals surface area contributed by atoms with Crippen molar-refractivity contribution in [2.75, 3.05) is 46.5 Å². The average molecular weight is 277 g/mol. The first-order valence-corrected chi connectivity index (χ1v) is 7.59. The lowest BCUT2D eigenvalue weighted by Crippen LogP contribution is -2.36. The van der Waals surface area contributed by atoms with Crippen molar-refractivity contribution < 1.29 is 13.2 Å². The van der Waals surface area contributed by atoms with Crippen LogP contribution in [0.5, 0.6) is 0 Å². The molecule has 106 valence electrons. The van der Waals surface area contributed by atoms with Crippen LogP contribution in [-0.2, 0) is 14.8 Å². The summed E-state index contributed by atoms with van der Waals surface area (Å²) in [6.45, 7) is 5.22. The molecule has 1 N–H and O–H groups in total. The van der Waals surface area contributed by atoms with E-state index in [4.69, 9.17) is 0 Å². The Morgan fingerprint density at radius 1 is 1.33 bits per heavy atom. The number of nitrogens with zero attached hydrogens (tertiary/aromatic N) is 2. The number of hydrogen-bond acceptors (Lipinski definition) is 4. The number of nitrogens with one attached hydrogen (secondary N) is 1. The number of sulfonamides is 1. The Kier molecular flexibility index (Phi) is 7.81. The van der Waals surface area contributed by atoms with Crippen LogP contribution in [0.3, 0.4) is 0 Å². The Morgan fingerprint density at radius 3 is 2.39 bits per heavy atom. The lowest BCUT2D eigenvalue weighted by atomic mass is 10.4. The van der Waals surface area contributed by atoms with Crippen molar-refractivity contribution in [1.82, 2.24) is 14.5 Å². The van der Waals surface area contributed by atoms with Crippen LogP contribution in [0.4, 0.5) is 0 Å². The molecule has 1 amide bonds. The Bertz CT molecular complexity index is 366. The van der Waals surface area contributed by atoms with Crippen molar-refractivity contribution in [2.45, 2.75) is 6.42 Å². The zero-order valence-corrected chi connectivity index (χ0v) is 12.2. The second-order valence-corrected chi connectivity index (χ2v) is 6.30. The van der Waals surface area contributed by atoms with Crippen LogP contribution < -0.4 is 5.32 Å². The normalized spacial score (nSPS) is 11.8. The fraction of sp³-hybridized carbons (Fsp3) is 0.727. The highest BCUT2D eigenvalue weighted by molar-refractivity contribution is 7.88. The van der Waals surface area contributed by atoms with E-state index in [0.717, 1.165) is 12.8 Å². The van der Waals surface area contributed by atoms with Gasteiger partial charge in [-0.1, -0.05) is 6.08 Å². The molecule has 0 bridgehead atoms. The maximum atomic E-state index is 11.5. The second-order valence-electron chi connectivity index (χ2n) is 4.31. The van der Waals surface area contributed by atoms with E-state index in [1.807, 2.05) is 19.0 Å². The van der Waals surface area contributed by atoms with Gasteiger partial charge in [0.05, 0.1) is 6.26 Å². The Morgan fingerprint density at radius 2 is 1.94 bits per heavy atom. The van der Waals surface area contributed by atoms with Crippen molar-refractivity contribution >= 4 is 15.9 Å². The zero-order valence-electron chi connectivity index (χ0n) is 11.3. The van der Waals surface area contributed by atoms with Crippen LogP contribution in [0.25, 0.3) is 0 Å². The van der Waals surface area contributed by atoms with E-state index in [1.165, 1.54) is 10.4 Å². The van der Waals surface area contributed by atoms with Gasteiger partial charge in [-0.2, -0.15) is 4.31 Å². The summed E-state index contributed by atoms with van der Waals surface area (Å²) < 4.78 is 24.0. The molecule has 6 nitrogen and oxygen atoms in total. The summed E-state index contributed by atoms with van der Waals surface area (Å²) in [4.78, 5) is 13.4. The molecule has 0 aliphatic carbocycles. The summed E-state index contributed by atoms with van der Waals surface area (Å²) in [6.07, 6.45) is 2.79. The highest BCUT2D eigenvalue weighted by Crippen LogP contribution is 1.99. The van der Waals surface area contributed by atoms with Gasteiger partial charge in [-0.25, -0.2) is 8.42 Å². The summed E-state index contributed by atoms with van der Waals surface area (Å²) in [5.74, 6) is -0.144. The fourth-order valence-corrected chi connectivity index (χ4v) is 2.07. The summed E-state index contributed by atoms with van der Waals surface area (Å²) >= 11 is 0. The predicted octanol–water partition coefficient (Wildman–Crippen LogP) is -0.498. The maximum Gasteiger partial charge on any atom is 0.221 e. The summed E-state index contributed by atoms with van der Waals surface area (Å²) in [7, 11) is 0.554. The van der Waals surface area contributed by atoms with E-state index >= 15 is 0 Å². The molecule has 18 heavy (non-hydrogen) atoms. The van der Waals surface area contributed by atoms with Crippen LogP contribution >= 0.6 is 0 Å². The number of hydrogen-bond donors (Lipinski definition) is 1. The van der Waals surface area contributed by atoms with Gasteiger partial charge in [0.25, 0.3) is 0 Å². The molecule has 0 aromatic heterocycles. The quantitative estimate of drug-likeness (QED) is 0.577. The van der Waals surface area contributed by atoms with Crippen LogP contribution in [0.2, 0.25) is 0 Å². The van der Waals surface area contributed by atoms with E-state index in [2.05, 4.69) is 11.9 Å². The van der Waals surface area contributed by atoms with Gasteiger partial charge in [-0.15, -0.1) is 6.58 Å². The van der Waals surface area contributed by atoms with Gasteiger partial charge in [0, 0.05) is 32.6 Å². The molecule has 0 saturated heterocycles. The molecule has 0 aliphatic heterocycles. The fourth-order valence-electron chi connectivity index (χ4n) is 1.27. The number of amides is 1. The summed E-state index contributed by atoms with van der Waals surface area (Å²) in [6, 6.07) is 0. The van der Waals surface area contributed by atoms with Gasteiger partial charge < -0.3 is 10.2 Å². The third-order valence-corrected chi connectivity index (χ3v) is 3.54. The highest BCUT2D eigenvalue weighted by Gasteiger charge is 2.15. The van der Waals surface area contributed by atoms with Crippen LogP contribution in [0, 0.1) is 0 Å². The first kappa shape index (κ1) is 17.1. The average Bonchev–Trinajstić information content (AvgIpc) is 2.21. The van der Waals surface area contributed by atoms with Crippen LogP contribution in [-0.4, -0.2) is 70.1 Å². The van der Waals surface area contributed by atoms with Gasteiger partial charge in [0.1, 0.15) is 0 Å². The molecule has 0 fully saturated rings. The van der Waals surface area contributed by atoms with Crippen molar-refractivity contribution in [3.8, 4) is 0 Å². The van der Waals surface area contributed by atoms with Gasteiger partial charge in [0.2, 0.25) is 15.9 Å². The van der Waals surface area contributed by atoms with Gasteiger partial charge in [-0.05, 0) is 14.1 Å². The van der Waals surface area contributed by atoms with E-state index in [9.17, 15) is 13.2 Å². The molecular formula is C11H23N3O3S. The monoisotopic (exact) mass is 277 g/mol. The van der Waals surface area contributed by atoms with Crippen molar-refractivity contribution in [3.05, 3.63) is 12.7 Å². The Balaban J connectivity index is 4.04. The van der Waals surface area contributed by atoms with E-state index in [0.29, 0.717) is 6.54 Å². The van der Waals surface area contributed by atoms with E-state index < -0.39 is 10.0 Å². The first-order chi connectivity index (χ1) is 8.27. The Hall–Kier alpha value is -0.920. The minimum absolute atomic E-state index is 0.144. The lowest BCUT2D eigenvalue weighted by molar-refractivity contribution is -0.121. The second kappa shape index (κ2) is 8.23. The molecule has 0 heterocycles. The SMILES string of the molecule is C=CCN(CCC(=O)NCCN(C)C)S(C)(=O)=O. The molecule has 0 aliphatic rings. The van der Waals surface area contributed by atoms with Gasteiger partial charge >= 0.3 is 0 Å². The topological polar surface area (TPSA) is 69.7 Å². The molecule has 0 radical (unpaired) electrons. The minimum Gasteiger partial charge on any atom is -0.355 e. The third-order valence-electron chi connectivity index (χ3n) is 2.27. The summed E-state index contributed by atoms with van der Waals surface area (Å²) in [5.41, 5.74) is 0. The van der Waals surface area contributed by atoms with Crippen molar-refractivity contribution in [2.24, 2.45) is 0 Å². The highest BCUT2D eigenvalue weighted by atomic mass is 32.2. The number of rotatable bonds is 9. The van der Waals surface area contributed by atoms with Crippen LogP contribution in [0.15, 0.2) is 12.7 Å². The molecule has 0 spiro atoms. The predicted molar refractivity (Wildman–Crippen MR) is 72.8 cm³/mol. The minimum atomic E-state index is -3.28. The Labute approximate surface area is 110 Å². The molecular weight excluding hydrogens is 254 g/mol. The van der Waals surface area contributed by atoms with Gasteiger partial charge in [-0.3, -0.25) is 4.79 Å². The standard InChI is InChI=1S/C11H23N3O3S/c1-5-8-14(18(4,16)17)9-6-11(15)12-7-10-13(2)3/h5H,1,6-10H2,2-4H3,(H,12,15). The smallest absolute Gasteiger partial charge is 0.221 e. The first-order valence-electron chi connectivity index (χ1n) is 5.74. The molecule has 0 unspecified atom stereocenters. The largest absolute Gasteiger partial charge is 0.355 e. The zero-order chi connectivity index (χ0) is 14.2. The molecule has 0 rings (SSSR count). The van der Waals surface area contributed by atoms with E-state index in [-0.39, 0.29) is 25.4 Å². The number of likely N-dealkylation sites (N-methyl/N-ethyl adjacent to an activating group) is 1. The number of carbonyl (C=O) groups excluding carboxylic acids is 1. The molecule has 0 saturated carbocycles. The lowest BCUT2D eigenvalue weighted by Gasteiger charge is -2.17. The molecule has 0 atom stereocenters. The van der Waals surface area contributed by atoms with Crippen LogP contribution in [0.1, 0.15) is 6.42 Å².